The zero-order valence-corrected chi connectivity index (χ0v) is 15.0. The lowest BCUT2D eigenvalue weighted by Gasteiger charge is -2.30. The van der Waals surface area contributed by atoms with Crippen LogP contribution in [0.1, 0.15) is 19.8 Å². The number of fused-ring (bicyclic) bond motifs is 1. The highest BCUT2D eigenvalue weighted by molar-refractivity contribution is 7.89. The van der Waals surface area contributed by atoms with E-state index in [2.05, 4.69) is 5.32 Å². The van der Waals surface area contributed by atoms with Crippen molar-refractivity contribution in [2.24, 2.45) is 13.0 Å². The number of hydrogen-bond acceptors (Lipinski definition) is 5. The summed E-state index contributed by atoms with van der Waals surface area (Å²) in [6, 6.07) is 4.42. The zero-order chi connectivity index (χ0) is 18.2. The molecule has 1 aromatic carbocycles. The molecule has 1 aliphatic rings. The highest BCUT2D eigenvalue weighted by Crippen LogP contribution is 2.26. The number of benzene rings is 1. The number of amides is 1. The molecular formula is C16H21N3O5S. The van der Waals surface area contributed by atoms with Crippen molar-refractivity contribution in [3.63, 3.8) is 0 Å². The molecule has 0 spiro atoms. The zero-order valence-electron chi connectivity index (χ0n) is 14.2. The van der Waals surface area contributed by atoms with Crippen LogP contribution in [-0.2, 0) is 21.9 Å². The maximum absolute atomic E-state index is 12.8. The minimum Gasteiger partial charge on any atom is -0.408 e. The normalized spacial score (nSPS) is 17.0. The lowest BCUT2D eigenvalue weighted by atomic mass is 9.97. The Morgan fingerprint density at radius 1 is 1.32 bits per heavy atom. The number of hydrogen-bond donors (Lipinski definition) is 1. The van der Waals surface area contributed by atoms with E-state index in [4.69, 9.17) is 4.42 Å². The van der Waals surface area contributed by atoms with Crippen LogP contribution < -0.4 is 11.1 Å². The number of carbonyl (C=O) groups is 1. The van der Waals surface area contributed by atoms with Crippen molar-refractivity contribution in [3.05, 3.63) is 28.7 Å². The molecule has 2 aromatic rings. The summed E-state index contributed by atoms with van der Waals surface area (Å²) in [5, 5.41) is 2.78. The molecule has 1 saturated heterocycles. The highest BCUT2D eigenvalue weighted by Gasteiger charge is 2.32. The standard InChI is InChI=1S/C16H21N3O5S/c1-3-17-15(20)11-6-8-19(9-7-11)25(22,23)12-4-5-13-14(10-12)24-16(21)18(13)2/h4-5,10-11H,3,6-9H2,1-2H3,(H,17,20). The molecule has 0 saturated carbocycles. The van der Waals surface area contributed by atoms with Crippen LogP contribution in [0, 0.1) is 5.92 Å². The molecule has 0 radical (unpaired) electrons. The van der Waals surface area contributed by atoms with Gasteiger partial charge in [-0.05, 0) is 31.9 Å². The van der Waals surface area contributed by atoms with E-state index in [9.17, 15) is 18.0 Å². The van der Waals surface area contributed by atoms with Gasteiger partial charge in [0.25, 0.3) is 0 Å². The van der Waals surface area contributed by atoms with Crippen LogP contribution in [-0.4, -0.2) is 42.8 Å². The third-order valence-corrected chi connectivity index (χ3v) is 6.47. The third-order valence-electron chi connectivity index (χ3n) is 4.58. The number of piperidine rings is 1. The van der Waals surface area contributed by atoms with E-state index in [0.29, 0.717) is 38.0 Å². The summed E-state index contributed by atoms with van der Waals surface area (Å²) >= 11 is 0. The summed E-state index contributed by atoms with van der Waals surface area (Å²) in [5.41, 5.74) is 0.782. The number of aryl methyl sites for hydroxylation is 1. The van der Waals surface area contributed by atoms with Crippen LogP contribution in [0.25, 0.3) is 11.1 Å². The Hall–Kier alpha value is -2.13. The molecule has 3 rings (SSSR count). The fourth-order valence-corrected chi connectivity index (χ4v) is 4.59. The fourth-order valence-electron chi connectivity index (χ4n) is 3.10. The van der Waals surface area contributed by atoms with Gasteiger partial charge in [-0.3, -0.25) is 9.36 Å². The van der Waals surface area contributed by atoms with Crippen LogP contribution in [0.4, 0.5) is 0 Å². The second-order valence-corrected chi connectivity index (χ2v) is 8.07. The molecule has 1 aliphatic heterocycles. The molecule has 0 unspecified atom stereocenters. The number of nitrogens with one attached hydrogen (secondary N) is 1. The Labute approximate surface area is 145 Å². The van der Waals surface area contributed by atoms with Crippen molar-refractivity contribution in [2.45, 2.75) is 24.7 Å². The average molecular weight is 367 g/mol. The molecule has 1 amide bonds. The molecule has 0 aliphatic carbocycles. The summed E-state index contributed by atoms with van der Waals surface area (Å²) in [4.78, 5) is 23.5. The minimum absolute atomic E-state index is 0.0213. The van der Waals surface area contributed by atoms with Gasteiger partial charge in [-0.1, -0.05) is 0 Å². The van der Waals surface area contributed by atoms with E-state index in [1.54, 1.807) is 13.1 Å². The Morgan fingerprint density at radius 3 is 2.64 bits per heavy atom. The molecule has 1 aromatic heterocycles. The van der Waals surface area contributed by atoms with Gasteiger partial charge in [0.1, 0.15) is 0 Å². The summed E-state index contributed by atoms with van der Waals surface area (Å²) in [5.74, 6) is -0.708. The van der Waals surface area contributed by atoms with Gasteiger partial charge in [-0.15, -0.1) is 0 Å². The first-order chi connectivity index (χ1) is 11.8. The fraction of sp³-hybridized carbons (Fsp3) is 0.500. The first-order valence-electron chi connectivity index (χ1n) is 8.22. The second kappa shape index (κ2) is 6.64. The number of aromatic nitrogens is 1. The molecule has 1 N–H and O–H groups in total. The molecule has 136 valence electrons. The molecule has 25 heavy (non-hydrogen) atoms. The maximum Gasteiger partial charge on any atom is 0.419 e. The Bertz CT molecular complexity index is 952. The molecule has 1 fully saturated rings. The van der Waals surface area contributed by atoms with Crippen molar-refractivity contribution in [2.75, 3.05) is 19.6 Å². The van der Waals surface area contributed by atoms with E-state index in [0.717, 1.165) is 0 Å². The average Bonchev–Trinajstić information content (AvgIpc) is 2.89. The smallest absolute Gasteiger partial charge is 0.408 e. The Balaban J connectivity index is 1.81. The van der Waals surface area contributed by atoms with Crippen molar-refractivity contribution in [1.82, 2.24) is 14.2 Å². The SMILES string of the molecule is CCNC(=O)C1CCN(S(=O)(=O)c2ccc3c(c2)oc(=O)n3C)CC1. The number of carbonyl (C=O) groups excluding carboxylic acids is 1. The predicted molar refractivity (Wildman–Crippen MR) is 91.6 cm³/mol. The number of sulfonamides is 1. The van der Waals surface area contributed by atoms with Crippen molar-refractivity contribution in [3.8, 4) is 0 Å². The molecule has 9 heteroatoms. The predicted octanol–water partition coefficient (Wildman–Crippen LogP) is 0.668. The first-order valence-corrected chi connectivity index (χ1v) is 9.66. The van der Waals surface area contributed by atoms with Gasteiger partial charge < -0.3 is 9.73 Å². The maximum atomic E-state index is 12.8. The van der Waals surface area contributed by atoms with Gasteiger partial charge >= 0.3 is 5.76 Å². The van der Waals surface area contributed by atoms with E-state index >= 15 is 0 Å². The lowest BCUT2D eigenvalue weighted by molar-refractivity contribution is -0.126. The van der Waals surface area contributed by atoms with Gasteiger partial charge in [0.05, 0.1) is 10.4 Å². The number of oxazole rings is 1. The van der Waals surface area contributed by atoms with Gasteiger partial charge in [0.15, 0.2) is 5.58 Å². The Morgan fingerprint density at radius 2 is 2.00 bits per heavy atom. The summed E-state index contributed by atoms with van der Waals surface area (Å²) in [7, 11) is -2.12. The lowest BCUT2D eigenvalue weighted by Crippen LogP contribution is -2.42. The van der Waals surface area contributed by atoms with E-state index in [-0.39, 0.29) is 22.3 Å². The van der Waals surface area contributed by atoms with Crippen molar-refractivity contribution >= 4 is 27.0 Å². The monoisotopic (exact) mass is 367 g/mol. The topological polar surface area (TPSA) is 102 Å². The van der Waals surface area contributed by atoms with Gasteiger partial charge in [-0.2, -0.15) is 4.31 Å². The second-order valence-electron chi connectivity index (χ2n) is 6.13. The van der Waals surface area contributed by atoms with E-state index in [1.165, 1.54) is 21.0 Å². The largest absolute Gasteiger partial charge is 0.419 e. The summed E-state index contributed by atoms with van der Waals surface area (Å²) in [6.45, 7) is 3.01. The van der Waals surface area contributed by atoms with Gasteiger partial charge in [-0.25, -0.2) is 13.2 Å². The van der Waals surface area contributed by atoms with Crippen LogP contribution in [0.5, 0.6) is 0 Å². The highest BCUT2D eigenvalue weighted by atomic mass is 32.2. The van der Waals surface area contributed by atoms with Gasteiger partial charge in [0, 0.05) is 38.7 Å². The summed E-state index contributed by atoms with van der Waals surface area (Å²) in [6.07, 6.45) is 0.988. The molecule has 2 heterocycles. The van der Waals surface area contributed by atoms with Crippen molar-refractivity contribution in [1.29, 1.82) is 0 Å². The Kier molecular flexibility index (Phi) is 4.70. The molecule has 8 nitrogen and oxygen atoms in total. The third kappa shape index (κ3) is 3.21. The van der Waals surface area contributed by atoms with Crippen LogP contribution >= 0.6 is 0 Å². The number of nitrogens with zero attached hydrogens (tertiary/aromatic N) is 2. The van der Waals surface area contributed by atoms with Crippen LogP contribution in [0.3, 0.4) is 0 Å². The van der Waals surface area contributed by atoms with E-state index < -0.39 is 15.8 Å². The van der Waals surface area contributed by atoms with E-state index in [1.807, 2.05) is 6.92 Å². The quantitative estimate of drug-likeness (QED) is 0.856. The van der Waals surface area contributed by atoms with Crippen LogP contribution in [0.15, 0.2) is 32.3 Å². The first kappa shape index (κ1) is 17.7. The van der Waals surface area contributed by atoms with Crippen molar-refractivity contribution < 1.29 is 17.6 Å². The summed E-state index contributed by atoms with van der Waals surface area (Å²) < 4.78 is 33.4. The molecular weight excluding hydrogens is 346 g/mol. The minimum atomic E-state index is -3.69. The van der Waals surface area contributed by atoms with Crippen LogP contribution in [0.2, 0.25) is 0 Å². The van der Waals surface area contributed by atoms with Gasteiger partial charge in [0.2, 0.25) is 15.9 Å². The molecule has 0 atom stereocenters. The number of rotatable bonds is 4. The molecule has 0 bridgehead atoms.